The van der Waals surface area contributed by atoms with E-state index in [9.17, 15) is 0 Å². The minimum atomic E-state index is 0.546. The van der Waals surface area contributed by atoms with Gasteiger partial charge in [0.25, 0.3) is 0 Å². The molecule has 29 heavy (non-hydrogen) atoms. The molecule has 2 aliphatic carbocycles. The number of benzene rings is 4. The Morgan fingerprint density at radius 1 is 0.759 bits per heavy atom. The van der Waals surface area contributed by atoms with Crippen LogP contribution < -0.4 is 10.6 Å². The summed E-state index contributed by atoms with van der Waals surface area (Å²) in [6.07, 6.45) is 4.30. The van der Waals surface area contributed by atoms with Crippen molar-refractivity contribution in [3.05, 3.63) is 82.9 Å². The van der Waals surface area contributed by atoms with Crippen molar-refractivity contribution in [2.24, 2.45) is 10.7 Å². The molecule has 2 aliphatic rings. The molecule has 2 N–H and O–H groups in total. The Labute approximate surface area is 170 Å². The molecule has 0 saturated carbocycles. The van der Waals surface area contributed by atoms with Crippen LogP contribution in [0.1, 0.15) is 22.3 Å². The van der Waals surface area contributed by atoms with Crippen LogP contribution in [0, 0.1) is 0 Å². The van der Waals surface area contributed by atoms with Crippen molar-refractivity contribution in [3.63, 3.8) is 0 Å². The van der Waals surface area contributed by atoms with E-state index in [1.165, 1.54) is 49.5 Å². The molecule has 0 amide bonds. The van der Waals surface area contributed by atoms with E-state index in [0.29, 0.717) is 5.96 Å². The molecule has 3 heteroatoms. The van der Waals surface area contributed by atoms with Gasteiger partial charge in [-0.25, -0.2) is 4.99 Å². The van der Waals surface area contributed by atoms with Crippen molar-refractivity contribution in [2.45, 2.75) is 25.7 Å². The fourth-order valence-corrected chi connectivity index (χ4v) is 5.23. The zero-order valence-corrected chi connectivity index (χ0v) is 16.6. The van der Waals surface area contributed by atoms with Gasteiger partial charge >= 0.3 is 0 Å². The molecule has 0 spiro atoms. The van der Waals surface area contributed by atoms with Crippen molar-refractivity contribution in [1.82, 2.24) is 0 Å². The molecular formula is C26H23N3. The molecule has 4 aromatic carbocycles. The van der Waals surface area contributed by atoms with Crippen LogP contribution in [0.25, 0.3) is 21.5 Å². The van der Waals surface area contributed by atoms with Gasteiger partial charge in [-0.1, -0.05) is 48.5 Å². The lowest BCUT2D eigenvalue weighted by atomic mass is 10.0. The van der Waals surface area contributed by atoms with Gasteiger partial charge in [-0.2, -0.15) is 0 Å². The van der Waals surface area contributed by atoms with Gasteiger partial charge in [-0.05, 0) is 81.6 Å². The Morgan fingerprint density at radius 3 is 2.10 bits per heavy atom. The lowest BCUT2D eigenvalue weighted by molar-refractivity contribution is 1.01. The second-order valence-electron chi connectivity index (χ2n) is 8.19. The minimum Gasteiger partial charge on any atom is -0.369 e. The standard InChI is InChI=1S/C26H23N3/c1-29(23-15-11-19-7-3-5-17-9-13-21(23)25(17)19)26(27)28-22-14-10-18-6-2-4-16-8-12-20(22)24(16)18/h2-7,10-11,14-15H,8-9,12-13H2,1H3,(H2,27,28). The first-order valence-corrected chi connectivity index (χ1v) is 10.4. The van der Waals surface area contributed by atoms with Crippen LogP contribution in [0.4, 0.5) is 11.4 Å². The third kappa shape index (κ3) is 2.40. The SMILES string of the molecule is CN(C(N)=Nc1ccc2cccc3c2c1CC3)c1ccc2cccc3c2c1CC3. The highest BCUT2D eigenvalue weighted by atomic mass is 15.2. The quantitative estimate of drug-likeness (QED) is 0.382. The second-order valence-corrected chi connectivity index (χ2v) is 8.19. The van der Waals surface area contributed by atoms with Crippen LogP contribution in [0.3, 0.4) is 0 Å². The number of nitrogens with zero attached hydrogens (tertiary/aromatic N) is 2. The number of guanidine groups is 1. The zero-order valence-electron chi connectivity index (χ0n) is 16.6. The molecule has 142 valence electrons. The van der Waals surface area contributed by atoms with Crippen LogP contribution in [-0.4, -0.2) is 13.0 Å². The first-order chi connectivity index (χ1) is 14.2. The van der Waals surface area contributed by atoms with Crippen molar-refractivity contribution < 1.29 is 0 Å². The molecule has 0 aliphatic heterocycles. The number of rotatable bonds is 2. The van der Waals surface area contributed by atoms with E-state index in [1.54, 1.807) is 0 Å². The molecule has 6 rings (SSSR count). The highest BCUT2D eigenvalue weighted by molar-refractivity contribution is 6.03. The second kappa shape index (κ2) is 6.08. The Kier molecular flexibility index (Phi) is 3.48. The van der Waals surface area contributed by atoms with Crippen LogP contribution in [-0.2, 0) is 25.7 Å². The summed E-state index contributed by atoms with van der Waals surface area (Å²) in [5.41, 5.74) is 14.3. The van der Waals surface area contributed by atoms with E-state index in [4.69, 9.17) is 10.7 Å². The van der Waals surface area contributed by atoms with Gasteiger partial charge in [0.1, 0.15) is 0 Å². The van der Waals surface area contributed by atoms with Gasteiger partial charge in [0.2, 0.25) is 5.96 Å². The monoisotopic (exact) mass is 377 g/mol. The maximum Gasteiger partial charge on any atom is 0.200 e. The summed E-state index contributed by atoms with van der Waals surface area (Å²) in [6, 6.07) is 21.8. The maximum atomic E-state index is 6.53. The third-order valence-corrected chi connectivity index (χ3v) is 6.66. The first kappa shape index (κ1) is 16.6. The molecule has 0 radical (unpaired) electrons. The normalized spacial score (nSPS) is 14.9. The van der Waals surface area contributed by atoms with Gasteiger partial charge in [0.05, 0.1) is 5.69 Å². The van der Waals surface area contributed by atoms with Crippen LogP contribution in [0.5, 0.6) is 0 Å². The number of aryl methyl sites for hydroxylation is 4. The molecule has 0 aromatic heterocycles. The summed E-state index contributed by atoms with van der Waals surface area (Å²) >= 11 is 0. The summed E-state index contributed by atoms with van der Waals surface area (Å²) in [5, 5.41) is 5.39. The van der Waals surface area contributed by atoms with E-state index < -0.39 is 0 Å². The summed E-state index contributed by atoms with van der Waals surface area (Å²) in [7, 11) is 2.03. The molecule has 0 fully saturated rings. The van der Waals surface area contributed by atoms with E-state index in [2.05, 4.69) is 65.6 Å². The molecule has 3 nitrogen and oxygen atoms in total. The molecular weight excluding hydrogens is 354 g/mol. The highest BCUT2D eigenvalue weighted by Gasteiger charge is 2.21. The van der Waals surface area contributed by atoms with Crippen molar-refractivity contribution >= 4 is 38.9 Å². The summed E-state index contributed by atoms with van der Waals surface area (Å²) in [6.45, 7) is 0. The van der Waals surface area contributed by atoms with Gasteiger partial charge in [0.15, 0.2) is 0 Å². The van der Waals surface area contributed by atoms with Crippen LogP contribution >= 0.6 is 0 Å². The van der Waals surface area contributed by atoms with Gasteiger partial charge in [0, 0.05) is 12.7 Å². The van der Waals surface area contributed by atoms with Gasteiger partial charge < -0.3 is 10.6 Å². The number of anilines is 1. The average molecular weight is 377 g/mol. The van der Waals surface area contributed by atoms with Crippen LogP contribution in [0.15, 0.2) is 65.7 Å². The highest BCUT2D eigenvalue weighted by Crippen LogP contribution is 2.39. The first-order valence-electron chi connectivity index (χ1n) is 10.4. The predicted octanol–water partition coefficient (Wildman–Crippen LogP) is 5.27. The molecule has 0 unspecified atom stereocenters. The number of nitrogens with two attached hydrogens (primary N) is 1. The number of hydrogen-bond acceptors (Lipinski definition) is 1. The molecule has 0 atom stereocenters. The molecule has 0 heterocycles. The largest absolute Gasteiger partial charge is 0.369 e. The zero-order chi connectivity index (χ0) is 19.5. The molecule has 0 saturated heterocycles. The molecule has 0 bridgehead atoms. The Bertz CT molecular complexity index is 1330. The fourth-order valence-electron chi connectivity index (χ4n) is 5.23. The van der Waals surface area contributed by atoms with E-state index >= 15 is 0 Å². The number of aliphatic imine (C=N–C) groups is 1. The third-order valence-electron chi connectivity index (χ3n) is 6.66. The van der Waals surface area contributed by atoms with E-state index in [0.717, 1.165) is 31.4 Å². The van der Waals surface area contributed by atoms with Gasteiger partial charge in [-0.3, -0.25) is 0 Å². The lowest BCUT2D eigenvalue weighted by Crippen LogP contribution is -2.34. The van der Waals surface area contributed by atoms with Crippen molar-refractivity contribution in [1.29, 1.82) is 0 Å². The summed E-state index contributed by atoms with van der Waals surface area (Å²) < 4.78 is 0. The average Bonchev–Trinajstić information content (AvgIpc) is 3.38. The van der Waals surface area contributed by atoms with Gasteiger partial charge in [-0.15, -0.1) is 0 Å². The van der Waals surface area contributed by atoms with Crippen molar-refractivity contribution in [3.8, 4) is 0 Å². The molecule has 4 aromatic rings. The van der Waals surface area contributed by atoms with Crippen LogP contribution in [0.2, 0.25) is 0 Å². The van der Waals surface area contributed by atoms with E-state index in [-0.39, 0.29) is 0 Å². The Hall–Kier alpha value is -3.33. The lowest BCUT2D eigenvalue weighted by Gasteiger charge is -2.22. The topological polar surface area (TPSA) is 41.6 Å². The fraction of sp³-hybridized carbons (Fsp3) is 0.192. The number of hydrogen-bond donors (Lipinski definition) is 1. The maximum absolute atomic E-state index is 6.53. The Balaban J connectivity index is 1.44. The van der Waals surface area contributed by atoms with E-state index in [1.807, 2.05) is 7.05 Å². The minimum absolute atomic E-state index is 0.546. The summed E-state index contributed by atoms with van der Waals surface area (Å²) in [4.78, 5) is 6.93. The predicted molar refractivity (Wildman–Crippen MR) is 122 cm³/mol. The van der Waals surface area contributed by atoms with Crippen molar-refractivity contribution in [2.75, 3.05) is 11.9 Å². The Morgan fingerprint density at radius 2 is 1.38 bits per heavy atom. The smallest absolute Gasteiger partial charge is 0.200 e. The summed E-state index contributed by atoms with van der Waals surface area (Å²) in [5.74, 6) is 0.546.